The molecule has 0 aromatic heterocycles. The predicted octanol–water partition coefficient (Wildman–Crippen LogP) is 4.39. The van der Waals surface area contributed by atoms with Crippen LogP contribution in [0.2, 0.25) is 5.02 Å². The Bertz CT molecular complexity index is 638. The summed E-state index contributed by atoms with van der Waals surface area (Å²) >= 11 is 5.87. The number of carbonyl (C=O) groups is 1. The number of carboxylic acid groups (broad SMARTS) is 1. The number of carboxylic acids is 1. The van der Waals surface area contributed by atoms with Crippen LogP contribution >= 0.6 is 11.6 Å². The third-order valence-electron chi connectivity index (χ3n) is 3.42. The highest BCUT2D eigenvalue weighted by Gasteiger charge is 2.11. The monoisotopic (exact) mass is 303 g/mol. The molecular formula is C17H18ClNO2. The largest absolute Gasteiger partial charge is 0.478 e. The lowest BCUT2D eigenvalue weighted by molar-refractivity contribution is 0.0696. The molecule has 0 bridgehead atoms. The molecule has 0 amide bonds. The molecule has 1 atom stereocenters. The molecule has 0 spiro atoms. The Hall–Kier alpha value is -2.00. The zero-order valence-electron chi connectivity index (χ0n) is 12.1. The minimum atomic E-state index is -0.901. The number of nitrogens with one attached hydrogen (secondary N) is 1. The fourth-order valence-electron chi connectivity index (χ4n) is 2.31. The number of hydrogen-bond donors (Lipinski definition) is 2. The number of anilines is 1. The fraction of sp³-hybridized carbons (Fsp3) is 0.235. The average molecular weight is 304 g/mol. The first-order valence-electron chi connectivity index (χ1n) is 6.81. The minimum absolute atomic E-state index is 0.189. The van der Waals surface area contributed by atoms with Gasteiger partial charge in [-0.3, -0.25) is 0 Å². The first kappa shape index (κ1) is 15.4. The molecule has 0 aliphatic rings. The normalized spacial score (nSPS) is 12.0. The van der Waals surface area contributed by atoms with Gasteiger partial charge in [0.05, 0.1) is 5.56 Å². The summed E-state index contributed by atoms with van der Waals surface area (Å²) < 4.78 is 0. The van der Waals surface area contributed by atoms with Gasteiger partial charge in [-0.1, -0.05) is 29.8 Å². The van der Waals surface area contributed by atoms with E-state index in [0.29, 0.717) is 5.56 Å². The van der Waals surface area contributed by atoms with Crippen LogP contribution in [0, 0.1) is 6.92 Å². The van der Waals surface area contributed by atoms with Crippen molar-refractivity contribution in [3.8, 4) is 0 Å². The SMILES string of the molecule is Cc1c(NC(C)Cc2ccc(Cl)cc2)cccc1C(=O)O. The first-order chi connectivity index (χ1) is 9.97. The van der Waals surface area contributed by atoms with E-state index < -0.39 is 5.97 Å². The highest BCUT2D eigenvalue weighted by atomic mass is 35.5. The maximum absolute atomic E-state index is 11.1. The second-order valence-electron chi connectivity index (χ2n) is 5.16. The Balaban J connectivity index is 2.09. The molecule has 0 fully saturated rings. The van der Waals surface area contributed by atoms with Crippen molar-refractivity contribution >= 4 is 23.3 Å². The van der Waals surface area contributed by atoms with Gasteiger partial charge in [0, 0.05) is 16.8 Å². The van der Waals surface area contributed by atoms with E-state index in [-0.39, 0.29) is 6.04 Å². The molecule has 4 heteroatoms. The summed E-state index contributed by atoms with van der Waals surface area (Å²) in [4.78, 5) is 11.1. The Morgan fingerprint density at radius 3 is 2.52 bits per heavy atom. The van der Waals surface area contributed by atoms with Crippen LogP contribution in [0.4, 0.5) is 5.69 Å². The molecule has 0 aliphatic carbocycles. The summed E-state index contributed by atoms with van der Waals surface area (Å²) in [5, 5.41) is 13.2. The van der Waals surface area contributed by atoms with Gasteiger partial charge in [0.1, 0.15) is 0 Å². The first-order valence-corrected chi connectivity index (χ1v) is 7.19. The van der Waals surface area contributed by atoms with Crippen molar-refractivity contribution in [3.63, 3.8) is 0 Å². The fourth-order valence-corrected chi connectivity index (χ4v) is 2.44. The third-order valence-corrected chi connectivity index (χ3v) is 3.67. The zero-order valence-corrected chi connectivity index (χ0v) is 12.8. The molecule has 2 rings (SSSR count). The highest BCUT2D eigenvalue weighted by Crippen LogP contribution is 2.21. The summed E-state index contributed by atoms with van der Waals surface area (Å²) in [6.07, 6.45) is 0.841. The lowest BCUT2D eigenvalue weighted by Crippen LogP contribution is -2.19. The van der Waals surface area contributed by atoms with Gasteiger partial charge in [0.2, 0.25) is 0 Å². The molecule has 0 saturated heterocycles. The summed E-state index contributed by atoms with van der Waals surface area (Å²) in [6.45, 7) is 3.89. The van der Waals surface area contributed by atoms with Crippen molar-refractivity contribution in [2.45, 2.75) is 26.3 Å². The molecule has 21 heavy (non-hydrogen) atoms. The topological polar surface area (TPSA) is 49.3 Å². The second-order valence-corrected chi connectivity index (χ2v) is 5.60. The minimum Gasteiger partial charge on any atom is -0.478 e. The molecule has 0 aliphatic heterocycles. The van der Waals surface area contributed by atoms with Gasteiger partial charge < -0.3 is 10.4 Å². The lowest BCUT2D eigenvalue weighted by Gasteiger charge is -2.18. The molecule has 0 radical (unpaired) electrons. The molecule has 2 N–H and O–H groups in total. The maximum Gasteiger partial charge on any atom is 0.336 e. The van der Waals surface area contributed by atoms with Crippen molar-refractivity contribution in [1.82, 2.24) is 0 Å². The van der Waals surface area contributed by atoms with Crippen LogP contribution in [0.3, 0.4) is 0 Å². The van der Waals surface area contributed by atoms with E-state index in [9.17, 15) is 4.79 Å². The quantitative estimate of drug-likeness (QED) is 0.861. The van der Waals surface area contributed by atoms with Crippen LogP contribution in [0.5, 0.6) is 0 Å². The molecule has 0 saturated carbocycles. The van der Waals surface area contributed by atoms with Gasteiger partial charge in [0.15, 0.2) is 0 Å². The molecule has 3 nitrogen and oxygen atoms in total. The van der Waals surface area contributed by atoms with E-state index in [1.807, 2.05) is 37.3 Å². The van der Waals surface area contributed by atoms with Gasteiger partial charge in [-0.05, 0) is 55.7 Å². The van der Waals surface area contributed by atoms with E-state index in [2.05, 4.69) is 12.2 Å². The number of benzene rings is 2. The molecule has 1 unspecified atom stereocenters. The van der Waals surface area contributed by atoms with Gasteiger partial charge in [-0.2, -0.15) is 0 Å². The average Bonchev–Trinajstić information content (AvgIpc) is 2.43. The van der Waals surface area contributed by atoms with Crippen LogP contribution in [0.25, 0.3) is 0 Å². The van der Waals surface area contributed by atoms with Crippen molar-refractivity contribution in [2.24, 2.45) is 0 Å². The van der Waals surface area contributed by atoms with Crippen LogP contribution < -0.4 is 5.32 Å². The second kappa shape index (κ2) is 6.64. The lowest BCUT2D eigenvalue weighted by atomic mass is 10.0. The molecule has 0 heterocycles. The predicted molar refractivity (Wildman–Crippen MR) is 86.4 cm³/mol. The van der Waals surface area contributed by atoms with Crippen LogP contribution in [-0.4, -0.2) is 17.1 Å². The summed E-state index contributed by atoms with van der Waals surface area (Å²) in [5.41, 5.74) is 3.13. The Kier molecular flexibility index (Phi) is 4.86. The van der Waals surface area contributed by atoms with Crippen LogP contribution in [-0.2, 0) is 6.42 Å². The van der Waals surface area contributed by atoms with E-state index in [1.165, 1.54) is 5.56 Å². The van der Waals surface area contributed by atoms with Gasteiger partial charge in [-0.25, -0.2) is 4.79 Å². The van der Waals surface area contributed by atoms with Gasteiger partial charge >= 0.3 is 5.97 Å². The van der Waals surface area contributed by atoms with Crippen LogP contribution in [0.1, 0.15) is 28.4 Å². The Morgan fingerprint density at radius 1 is 1.24 bits per heavy atom. The number of halogens is 1. The van der Waals surface area contributed by atoms with E-state index in [1.54, 1.807) is 12.1 Å². The van der Waals surface area contributed by atoms with Crippen molar-refractivity contribution in [3.05, 3.63) is 64.2 Å². The third kappa shape index (κ3) is 3.99. The summed E-state index contributed by atoms with van der Waals surface area (Å²) in [5.74, 6) is -0.901. The van der Waals surface area contributed by atoms with Crippen molar-refractivity contribution < 1.29 is 9.90 Å². The summed E-state index contributed by atoms with van der Waals surface area (Å²) in [6, 6.07) is 13.2. The standard InChI is InChI=1S/C17H18ClNO2/c1-11(10-13-6-8-14(18)9-7-13)19-16-5-3-4-15(12(16)2)17(20)21/h3-9,11,19H,10H2,1-2H3,(H,20,21). The van der Waals surface area contributed by atoms with Crippen LogP contribution in [0.15, 0.2) is 42.5 Å². The van der Waals surface area contributed by atoms with E-state index in [0.717, 1.165) is 22.7 Å². The molecule has 110 valence electrons. The summed E-state index contributed by atoms with van der Waals surface area (Å²) in [7, 11) is 0. The zero-order chi connectivity index (χ0) is 15.4. The van der Waals surface area contributed by atoms with E-state index >= 15 is 0 Å². The Labute approximate surface area is 129 Å². The molecule has 2 aromatic rings. The number of aromatic carboxylic acids is 1. The highest BCUT2D eigenvalue weighted by molar-refractivity contribution is 6.30. The number of hydrogen-bond acceptors (Lipinski definition) is 2. The van der Waals surface area contributed by atoms with Crippen molar-refractivity contribution in [2.75, 3.05) is 5.32 Å². The Morgan fingerprint density at radius 2 is 1.90 bits per heavy atom. The molecular weight excluding hydrogens is 286 g/mol. The van der Waals surface area contributed by atoms with Crippen molar-refractivity contribution in [1.29, 1.82) is 0 Å². The van der Waals surface area contributed by atoms with Gasteiger partial charge in [0.25, 0.3) is 0 Å². The smallest absolute Gasteiger partial charge is 0.336 e. The molecule has 2 aromatic carbocycles. The maximum atomic E-state index is 11.1. The van der Waals surface area contributed by atoms with E-state index in [4.69, 9.17) is 16.7 Å². The van der Waals surface area contributed by atoms with Gasteiger partial charge in [-0.15, -0.1) is 0 Å². The number of rotatable bonds is 5.